The first-order valence-corrected chi connectivity index (χ1v) is 9.79. The van der Waals surface area contributed by atoms with Gasteiger partial charge in [0.2, 0.25) is 5.95 Å². The molecule has 33 heavy (non-hydrogen) atoms. The molecule has 0 saturated carbocycles. The van der Waals surface area contributed by atoms with Crippen molar-refractivity contribution < 1.29 is 27.5 Å². The van der Waals surface area contributed by atoms with Crippen LogP contribution in [0.25, 0.3) is 0 Å². The van der Waals surface area contributed by atoms with Crippen LogP contribution in [0.15, 0.2) is 48.7 Å². The highest BCUT2D eigenvalue weighted by molar-refractivity contribution is 6.06. The third kappa shape index (κ3) is 5.55. The summed E-state index contributed by atoms with van der Waals surface area (Å²) in [5.41, 5.74) is -2.01. The number of halogens is 4. The number of hydrogen-bond acceptors (Lipinski definition) is 5. The molecule has 1 unspecified atom stereocenters. The van der Waals surface area contributed by atoms with Crippen LogP contribution in [0.4, 0.5) is 45.5 Å². The van der Waals surface area contributed by atoms with Gasteiger partial charge in [-0.1, -0.05) is 0 Å². The van der Waals surface area contributed by atoms with E-state index in [-0.39, 0.29) is 17.5 Å². The van der Waals surface area contributed by atoms with Crippen molar-refractivity contribution in [1.82, 2.24) is 9.97 Å². The van der Waals surface area contributed by atoms with E-state index in [1.165, 1.54) is 24.4 Å². The number of nitrogens with zero attached hydrogens (tertiary/aromatic N) is 3. The maximum atomic E-state index is 14.1. The van der Waals surface area contributed by atoms with E-state index < -0.39 is 46.6 Å². The molecule has 174 valence electrons. The van der Waals surface area contributed by atoms with Crippen LogP contribution < -0.4 is 15.5 Å². The maximum absolute atomic E-state index is 14.1. The van der Waals surface area contributed by atoms with Crippen LogP contribution in [-0.4, -0.2) is 32.7 Å². The predicted molar refractivity (Wildman–Crippen MR) is 115 cm³/mol. The highest BCUT2D eigenvalue weighted by Crippen LogP contribution is 2.28. The number of amides is 2. The Kier molecular flexibility index (Phi) is 6.82. The number of anilines is 4. The summed E-state index contributed by atoms with van der Waals surface area (Å²) in [5.74, 6) is -4.70. The molecule has 0 aliphatic heterocycles. The van der Waals surface area contributed by atoms with Gasteiger partial charge in [0.1, 0.15) is 23.1 Å². The van der Waals surface area contributed by atoms with E-state index in [0.29, 0.717) is 12.1 Å². The number of rotatable bonds is 6. The van der Waals surface area contributed by atoms with Gasteiger partial charge >= 0.3 is 6.03 Å². The average Bonchev–Trinajstić information content (AvgIpc) is 2.75. The van der Waals surface area contributed by atoms with Crippen molar-refractivity contribution in [2.45, 2.75) is 32.4 Å². The van der Waals surface area contributed by atoms with Gasteiger partial charge in [-0.25, -0.2) is 32.2 Å². The highest BCUT2D eigenvalue weighted by atomic mass is 19.2. The summed E-state index contributed by atoms with van der Waals surface area (Å²) in [5, 5.41) is 15.0. The summed E-state index contributed by atoms with van der Waals surface area (Å²) in [4.78, 5) is 22.2. The van der Waals surface area contributed by atoms with E-state index >= 15 is 0 Å². The molecule has 11 heteroatoms. The number of aromatic nitrogens is 2. The molecule has 1 heterocycles. The summed E-state index contributed by atoms with van der Waals surface area (Å²) < 4.78 is 55.2. The van der Waals surface area contributed by atoms with Crippen LogP contribution in [-0.2, 0) is 0 Å². The average molecular weight is 463 g/mol. The first-order chi connectivity index (χ1) is 15.5. The lowest BCUT2D eigenvalue weighted by Crippen LogP contribution is -2.40. The molecule has 0 fully saturated rings. The molecular formula is C22H21F4N5O2. The Balaban J connectivity index is 2.01. The minimum Gasteiger partial charge on any atom is -0.388 e. The van der Waals surface area contributed by atoms with E-state index in [1.807, 2.05) is 5.32 Å². The molecule has 3 N–H and O–H groups in total. The van der Waals surface area contributed by atoms with Gasteiger partial charge in [0, 0.05) is 12.3 Å². The van der Waals surface area contributed by atoms with Crippen molar-refractivity contribution in [3.63, 3.8) is 0 Å². The first kappa shape index (κ1) is 23.9. The van der Waals surface area contributed by atoms with Crippen LogP contribution >= 0.6 is 0 Å². The molecule has 0 aliphatic carbocycles. The highest BCUT2D eigenvalue weighted by Gasteiger charge is 2.26. The molecule has 0 saturated heterocycles. The summed E-state index contributed by atoms with van der Waals surface area (Å²) in [6, 6.07) is 5.67. The summed E-state index contributed by atoms with van der Waals surface area (Å²) >= 11 is 0. The van der Waals surface area contributed by atoms with Gasteiger partial charge < -0.3 is 15.7 Å². The Bertz CT molecular complexity index is 1150. The molecule has 3 aromatic rings. The zero-order chi connectivity index (χ0) is 24.3. The molecular weight excluding hydrogens is 442 g/mol. The fourth-order valence-corrected chi connectivity index (χ4v) is 2.66. The second-order valence-corrected chi connectivity index (χ2v) is 7.72. The van der Waals surface area contributed by atoms with Crippen molar-refractivity contribution in [1.29, 1.82) is 0 Å². The standard InChI is InChI=1S/C22H21F4N5O2/c1-12(22(2,3)33)28-20-27-11-10-17(29-20)31(14-6-4-13(23)5-7-14)21(32)30-19-16(25)9-8-15(24)18(19)26/h4-12,33H,1-3H3,(H,30,32)(H,27,28,29). The predicted octanol–water partition coefficient (Wildman–Crippen LogP) is 4.97. The Labute approximate surface area is 187 Å². The molecule has 0 radical (unpaired) electrons. The van der Waals surface area contributed by atoms with E-state index in [0.717, 1.165) is 17.0 Å². The van der Waals surface area contributed by atoms with E-state index in [2.05, 4.69) is 15.3 Å². The third-order valence-corrected chi connectivity index (χ3v) is 4.84. The lowest BCUT2D eigenvalue weighted by atomic mass is 10.0. The monoisotopic (exact) mass is 463 g/mol. The molecule has 2 amide bonds. The molecule has 2 aromatic carbocycles. The Morgan fingerprint density at radius 1 is 1.03 bits per heavy atom. The minimum atomic E-state index is -1.58. The third-order valence-electron chi connectivity index (χ3n) is 4.84. The summed E-state index contributed by atoms with van der Waals surface area (Å²) in [6.45, 7) is 4.85. The Morgan fingerprint density at radius 2 is 1.67 bits per heavy atom. The van der Waals surface area contributed by atoms with Gasteiger partial charge in [-0.2, -0.15) is 4.98 Å². The largest absolute Gasteiger partial charge is 0.388 e. The van der Waals surface area contributed by atoms with E-state index in [9.17, 15) is 27.5 Å². The molecule has 1 aromatic heterocycles. The van der Waals surface area contributed by atoms with Crippen LogP contribution in [0.3, 0.4) is 0 Å². The molecule has 0 bridgehead atoms. The van der Waals surface area contributed by atoms with Gasteiger partial charge in [-0.3, -0.25) is 0 Å². The van der Waals surface area contributed by atoms with Crippen LogP contribution in [0.1, 0.15) is 20.8 Å². The zero-order valence-corrected chi connectivity index (χ0v) is 17.9. The topological polar surface area (TPSA) is 90.4 Å². The lowest BCUT2D eigenvalue weighted by molar-refractivity contribution is 0.0646. The molecule has 0 spiro atoms. The van der Waals surface area contributed by atoms with Crippen LogP contribution in [0.5, 0.6) is 0 Å². The number of aliphatic hydroxyl groups is 1. The summed E-state index contributed by atoms with van der Waals surface area (Å²) in [7, 11) is 0. The molecule has 0 aliphatic rings. The number of carbonyl (C=O) groups excluding carboxylic acids is 1. The zero-order valence-electron chi connectivity index (χ0n) is 17.9. The number of benzene rings is 2. The van der Waals surface area contributed by atoms with Gasteiger partial charge in [-0.15, -0.1) is 0 Å². The number of hydrogen-bond donors (Lipinski definition) is 3. The fourth-order valence-electron chi connectivity index (χ4n) is 2.66. The van der Waals surface area contributed by atoms with Gasteiger partial charge in [-0.05, 0) is 57.2 Å². The Hall–Kier alpha value is -3.73. The van der Waals surface area contributed by atoms with E-state index in [1.54, 1.807) is 20.8 Å². The van der Waals surface area contributed by atoms with Gasteiger partial charge in [0.15, 0.2) is 11.6 Å². The summed E-state index contributed by atoms with van der Waals surface area (Å²) in [6.07, 6.45) is 1.31. The normalized spacial score (nSPS) is 12.2. The molecule has 1 atom stereocenters. The number of urea groups is 1. The van der Waals surface area contributed by atoms with Crippen molar-refractivity contribution in [3.8, 4) is 0 Å². The molecule has 7 nitrogen and oxygen atoms in total. The van der Waals surface area contributed by atoms with Crippen molar-refractivity contribution in [3.05, 3.63) is 71.9 Å². The van der Waals surface area contributed by atoms with Crippen molar-refractivity contribution in [2.24, 2.45) is 0 Å². The second-order valence-electron chi connectivity index (χ2n) is 7.72. The number of nitrogens with one attached hydrogen (secondary N) is 2. The van der Waals surface area contributed by atoms with Gasteiger partial charge in [0.25, 0.3) is 0 Å². The second kappa shape index (κ2) is 9.41. The van der Waals surface area contributed by atoms with Gasteiger partial charge in [0.05, 0.1) is 17.3 Å². The van der Waals surface area contributed by atoms with Crippen LogP contribution in [0.2, 0.25) is 0 Å². The smallest absolute Gasteiger partial charge is 0.332 e. The first-order valence-electron chi connectivity index (χ1n) is 9.79. The SMILES string of the molecule is CC(Nc1nccc(N(C(=O)Nc2c(F)ccc(F)c2F)c2ccc(F)cc2)n1)C(C)(C)O. The van der Waals surface area contributed by atoms with Crippen molar-refractivity contribution >= 4 is 29.2 Å². The Morgan fingerprint density at radius 3 is 2.30 bits per heavy atom. The minimum absolute atomic E-state index is 0.0447. The van der Waals surface area contributed by atoms with Crippen molar-refractivity contribution in [2.75, 3.05) is 15.5 Å². The maximum Gasteiger partial charge on any atom is 0.332 e. The fraction of sp³-hybridized carbons (Fsp3) is 0.227. The quantitative estimate of drug-likeness (QED) is 0.355. The molecule has 3 rings (SSSR count). The van der Waals surface area contributed by atoms with Crippen LogP contribution in [0, 0.1) is 23.3 Å². The number of carbonyl (C=O) groups is 1. The lowest BCUT2D eigenvalue weighted by Gasteiger charge is -2.27. The van der Waals surface area contributed by atoms with E-state index in [4.69, 9.17) is 0 Å².